The van der Waals surface area contributed by atoms with Gasteiger partial charge in [0.2, 0.25) is 5.91 Å². The van der Waals surface area contributed by atoms with Crippen molar-refractivity contribution in [2.75, 3.05) is 23.3 Å². The first-order valence-corrected chi connectivity index (χ1v) is 9.11. The summed E-state index contributed by atoms with van der Waals surface area (Å²) in [6, 6.07) is 18.1. The van der Waals surface area contributed by atoms with E-state index in [0.717, 1.165) is 33.9 Å². The second-order valence-electron chi connectivity index (χ2n) is 7.04. The first-order valence-electron chi connectivity index (χ1n) is 9.11. The van der Waals surface area contributed by atoms with Crippen LogP contribution in [0, 0.1) is 19.8 Å². The first-order chi connectivity index (χ1) is 13.1. The number of benzene rings is 2. The minimum Gasteiger partial charge on any atom is -0.355 e. The molecule has 0 bridgehead atoms. The van der Waals surface area contributed by atoms with Gasteiger partial charge in [-0.1, -0.05) is 42.5 Å². The molecule has 0 saturated carbocycles. The molecule has 1 amide bonds. The molecule has 0 aliphatic carbocycles. The Kier molecular flexibility index (Phi) is 4.59. The third kappa shape index (κ3) is 3.67. The molecule has 1 aliphatic rings. The second kappa shape index (κ2) is 7.19. The van der Waals surface area contributed by atoms with E-state index in [2.05, 4.69) is 26.3 Å². The second-order valence-corrected chi connectivity index (χ2v) is 7.04. The Hall–Kier alpha value is -3.21. The molecule has 3 aromatic rings. The van der Waals surface area contributed by atoms with Gasteiger partial charge in [0.1, 0.15) is 12.1 Å². The van der Waals surface area contributed by atoms with Crippen LogP contribution >= 0.6 is 0 Å². The van der Waals surface area contributed by atoms with Crippen LogP contribution in [-0.2, 0) is 4.79 Å². The molecule has 0 unspecified atom stereocenters. The highest BCUT2D eigenvalue weighted by molar-refractivity contribution is 5.95. The van der Waals surface area contributed by atoms with Gasteiger partial charge in [0.05, 0.1) is 11.6 Å². The minimum absolute atomic E-state index is 0.0277. The maximum absolute atomic E-state index is 12.6. The van der Waals surface area contributed by atoms with E-state index in [1.807, 2.05) is 62.4 Å². The van der Waals surface area contributed by atoms with Gasteiger partial charge in [0, 0.05) is 30.4 Å². The van der Waals surface area contributed by atoms with Crippen LogP contribution < -0.4 is 10.2 Å². The number of anilines is 2. The van der Waals surface area contributed by atoms with Crippen LogP contribution in [-0.4, -0.2) is 29.0 Å². The highest BCUT2D eigenvalue weighted by Crippen LogP contribution is 2.27. The van der Waals surface area contributed by atoms with Crippen molar-refractivity contribution in [1.82, 2.24) is 9.97 Å². The number of carbonyl (C=O) groups is 1. The van der Waals surface area contributed by atoms with Crippen LogP contribution in [0.1, 0.15) is 11.1 Å². The smallest absolute Gasteiger partial charge is 0.231 e. The summed E-state index contributed by atoms with van der Waals surface area (Å²) < 4.78 is 0. The third-order valence-electron chi connectivity index (χ3n) is 4.95. The van der Waals surface area contributed by atoms with E-state index in [1.165, 1.54) is 0 Å². The molecule has 4 rings (SSSR count). The monoisotopic (exact) mass is 358 g/mol. The van der Waals surface area contributed by atoms with Gasteiger partial charge in [-0.3, -0.25) is 4.79 Å². The summed E-state index contributed by atoms with van der Waals surface area (Å²) in [6.07, 6.45) is 1.58. The van der Waals surface area contributed by atoms with Crippen molar-refractivity contribution in [3.05, 3.63) is 72.1 Å². The topological polar surface area (TPSA) is 58.1 Å². The van der Waals surface area contributed by atoms with Crippen LogP contribution in [0.2, 0.25) is 0 Å². The Morgan fingerprint density at radius 3 is 2.59 bits per heavy atom. The van der Waals surface area contributed by atoms with Gasteiger partial charge in [-0.15, -0.1) is 0 Å². The van der Waals surface area contributed by atoms with E-state index in [1.54, 1.807) is 6.33 Å². The Bertz CT molecular complexity index is 965. The summed E-state index contributed by atoms with van der Waals surface area (Å²) in [4.78, 5) is 23.4. The molecule has 5 nitrogen and oxygen atoms in total. The van der Waals surface area contributed by atoms with Gasteiger partial charge < -0.3 is 10.2 Å². The standard InChI is InChI=1S/C22H22N4O/c1-15-8-9-16(2)19(10-15)25-22(27)18-12-26(13-18)21-11-20(23-14-24-21)17-6-4-3-5-7-17/h3-11,14,18H,12-13H2,1-2H3,(H,25,27). The van der Waals surface area contributed by atoms with Crippen molar-refractivity contribution in [3.8, 4) is 11.3 Å². The van der Waals surface area contributed by atoms with E-state index in [4.69, 9.17) is 0 Å². The number of hydrogen-bond acceptors (Lipinski definition) is 4. The molecule has 1 N–H and O–H groups in total. The van der Waals surface area contributed by atoms with Crippen LogP contribution in [0.4, 0.5) is 11.5 Å². The highest BCUT2D eigenvalue weighted by atomic mass is 16.2. The Balaban J connectivity index is 1.41. The molecular weight excluding hydrogens is 336 g/mol. The number of nitrogens with one attached hydrogen (secondary N) is 1. The van der Waals surface area contributed by atoms with Gasteiger partial charge in [-0.2, -0.15) is 0 Å². The molecule has 136 valence electrons. The van der Waals surface area contributed by atoms with Crippen molar-refractivity contribution in [3.63, 3.8) is 0 Å². The van der Waals surface area contributed by atoms with Crippen LogP contribution in [0.3, 0.4) is 0 Å². The summed E-state index contributed by atoms with van der Waals surface area (Å²) in [5, 5.41) is 3.06. The van der Waals surface area contributed by atoms with Gasteiger partial charge in [-0.05, 0) is 31.0 Å². The first kappa shape index (κ1) is 17.2. The fraction of sp³-hybridized carbons (Fsp3) is 0.227. The largest absolute Gasteiger partial charge is 0.355 e. The summed E-state index contributed by atoms with van der Waals surface area (Å²) in [6.45, 7) is 5.37. The Labute approximate surface area is 159 Å². The van der Waals surface area contributed by atoms with Gasteiger partial charge in [-0.25, -0.2) is 9.97 Å². The molecule has 0 spiro atoms. The van der Waals surface area contributed by atoms with E-state index in [0.29, 0.717) is 13.1 Å². The normalized spacial score (nSPS) is 13.9. The zero-order chi connectivity index (χ0) is 18.8. The van der Waals surface area contributed by atoms with Crippen LogP contribution in [0.15, 0.2) is 60.9 Å². The van der Waals surface area contributed by atoms with Crippen molar-refractivity contribution >= 4 is 17.4 Å². The van der Waals surface area contributed by atoms with Crippen molar-refractivity contribution in [2.45, 2.75) is 13.8 Å². The number of carbonyl (C=O) groups excluding carboxylic acids is 1. The predicted molar refractivity (Wildman–Crippen MR) is 108 cm³/mol. The van der Waals surface area contributed by atoms with E-state index >= 15 is 0 Å². The minimum atomic E-state index is -0.0277. The highest BCUT2D eigenvalue weighted by Gasteiger charge is 2.33. The molecular formula is C22H22N4O. The number of aromatic nitrogens is 2. The van der Waals surface area contributed by atoms with Crippen molar-refractivity contribution in [2.24, 2.45) is 5.92 Å². The molecule has 1 saturated heterocycles. The molecule has 1 aliphatic heterocycles. The number of amides is 1. The quantitative estimate of drug-likeness (QED) is 0.770. The molecule has 0 radical (unpaired) electrons. The zero-order valence-electron chi connectivity index (χ0n) is 15.5. The number of aryl methyl sites for hydroxylation is 2. The third-order valence-corrected chi connectivity index (χ3v) is 4.95. The molecule has 0 atom stereocenters. The average molecular weight is 358 g/mol. The van der Waals surface area contributed by atoms with Gasteiger partial charge in [0.15, 0.2) is 0 Å². The lowest BCUT2D eigenvalue weighted by molar-refractivity contribution is -0.120. The summed E-state index contributed by atoms with van der Waals surface area (Å²) in [7, 11) is 0. The van der Waals surface area contributed by atoms with Crippen molar-refractivity contribution < 1.29 is 4.79 Å². The van der Waals surface area contributed by atoms with Crippen LogP contribution in [0.5, 0.6) is 0 Å². The Morgan fingerprint density at radius 1 is 1.04 bits per heavy atom. The summed E-state index contributed by atoms with van der Waals surface area (Å²) in [5.74, 6) is 0.900. The van der Waals surface area contributed by atoms with Crippen molar-refractivity contribution in [1.29, 1.82) is 0 Å². The number of nitrogens with zero attached hydrogens (tertiary/aromatic N) is 3. The lowest BCUT2D eigenvalue weighted by Gasteiger charge is -2.39. The Morgan fingerprint density at radius 2 is 1.81 bits per heavy atom. The maximum Gasteiger partial charge on any atom is 0.231 e. The molecule has 1 aromatic heterocycles. The predicted octanol–water partition coefficient (Wildman–Crippen LogP) is 3.84. The number of rotatable bonds is 4. The fourth-order valence-electron chi connectivity index (χ4n) is 3.22. The molecule has 27 heavy (non-hydrogen) atoms. The fourth-order valence-corrected chi connectivity index (χ4v) is 3.22. The lowest BCUT2D eigenvalue weighted by atomic mass is 9.98. The lowest BCUT2D eigenvalue weighted by Crippen LogP contribution is -2.52. The molecule has 1 fully saturated rings. The maximum atomic E-state index is 12.6. The molecule has 2 aromatic carbocycles. The molecule has 5 heteroatoms. The number of hydrogen-bond donors (Lipinski definition) is 1. The average Bonchev–Trinajstić information content (AvgIpc) is 2.64. The van der Waals surface area contributed by atoms with Crippen LogP contribution in [0.25, 0.3) is 11.3 Å². The molecule has 2 heterocycles. The summed E-state index contributed by atoms with van der Waals surface area (Å²) >= 11 is 0. The van der Waals surface area contributed by atoms with E-state index < -0.39 is 0 Å². The zero-order valence-corrected chi connectivity index (χ0v) is 15.5. The SMILES string of the molecule is Cc1ccc(C)c(NC(=O)C2CN(c3cc(-c4ccccc4)ncn3)C2)c1. The van der Waals surface area contributed by atoms with Gasteiger partial charge in [0.25, 0.3) is 0 Å². The van der Waals surface area contributed by atoms with E-state index in [9.17, 15) is 4.79 Å². The van der Waals surface area contributed by atoms with Gasteiger partial charge >= 0.3 is 0 Å². The summed E-state index contributed by atoms with van der Waals surface area (Å²) in [5.41, 5.74) is 5.07. The van der Waals surface area contributed by atoms with E-state index in [-0.39, 0.29) is 11.8 Å².